The monoisotopic (exact) mass is 584 g/mol. The van der Waals surface area contributed by atoms with Crippen molar-refractivity contribution in [3.63, 3.8) is 0 Å². The molecule has 0 radical (unpaired) electrons. The predicted octanol–water partition coefficient (Wildman–Crippen LogP) is 3.76. The number of hydrogen-bond donors (Lipinski definition) is 3. The molecule has 0 unspecified atom stereocenters. The first-order valence-electron chi connectivity index (χ1n) is 13.4. The van der Waals surface area contributed by atoms with Gasteiger partial charge in [-0.05, 0) is 56.2 Å². The molecule has 2 atom stereocenters. The van der Waals surface area contributed by atoms with E-state index >= 15 is 0 Å². The third kappa shape index (κ3) is 6.79. The highest BCUT2D eigenvalue weighted by Gasteiger charge is 2.25. The van der Waals surface area contributed by atoms with E-state index in [1.165, 1.54) is 16.8 Å². The molecule has 2 fully saturated rings. The Kier molecular flexibility index (Phi) is 8.68. The summed E-state index contributed by atoms with van der Waals surface area (Å²) in [7, 11) is -3.20. The molecule has 1 aromatic carbocycles. The fraction of sp³-hybridized carbons (Fsp3) is 0.481. The van der Waals surface area contributed by atoms with E-state index in [4.69, 9.17) is 18.2 Å². The summed E-state index contributed by atoms with van der Waals surface area (Å²) < 4.78 is 26.7. The van der Waals surface area contributed by atoms with E-state index in [1.807, 2.05) is 18.2 Å². The number of nitrogens with zero attached hydrogens (tertiary/aromatic N) is 6. The van der Waals surface area contributed by atoms with Gasteiger partial charge in [0.2, 0.25) is 21.7 Å². The van der Waals surface area contributed by atoms with Gasteiger partial charge in [-0.1, -0.05) is 17.7 Å². The molecular formula is C27H33ClN8O3S. The zero-order chi connectivity index (χ0) is 28.3. The summed E-state index contributed by atoms with van der Waals surface area (Å²) in [6.45, 7) is 9.13. The Labute approximate surface area is 239 Å². The van der Waals surface area contributed by atoms with Gasteiger partial charge >= 0.3 is 0 Å². The maximum atomic E-state index is 11.8. The number of benzene rings is 1. The fourth-order valence-corrected chi connectivity index (χ4v) is 6.45. The molecule has 1 aliphatic heterocycles. The van der Waals surface area contributed by atoms with E-state index in [1.54, 1.807) is 17.1 Å². The summed E-state index contributed by atoms with van der Waals surface area (Å²) in [5.74, 6) is 0.383. The Morgan fingerprint density at radius 1 is 1.18 bits per heavy atom. The van der Waals surface area contributed by atoms with Gasteiger partial charge in [0.25, 0.3) is 0 Å². The number of nitrogens with one attached hydrogen (secondary N) is 2. The zero-order valence-electron chi connectivity index (χ0n) is 22.3. The number of piperidine rings is 1. The summed E-state index contributed by atoms with van der Waals surface area (Å²) in [4.78, 5) is 12.5. The molecule has 1 saturated heterocycles. The summed E-state index contributed by atoms with van der Waals surface area (Å²) >= 11 is 6.64. The maximum Gasteiger partial charge on any atom is 0.231 e. The van der Waals surface area contributed by atoms with Gasteiger partial charge < -0.3 is 15.7 Å². The van der Waals surface area contributed by atoms with E-state index in [9.17, 15) is 13.5 Å². The number of hydrogen-bond acceptors (Lipinski definition) is 8. The Morgan fingerprint density at radius 3 is 2.67 bits per heavy atom. The lowest BCUT2D eigenvalue weighted by atomic mass is 9.93. The Hall–Kier alpha value is -3.08. The van der Waals surface area contributed by atoms with Gasteiger partial charge in [0, 0.05) is 49.7 Å². The van der Waals surface area contributed by atoms with Crippen molar-refractivity contribution in [1.29, 1.82) is 0 Å². The largest absolute Gasteiger partial charge is 0.393 e. The maximum absolute atomic E-state index is 11.8. The van der Waals surface area contributed by atoms with Crippen LogP contribution in [0.2, 0.25) is 5.02 Å². The SMILES string of the molecule is [C-]#[N+]c1cnc(NC2CCN(S(C)(=O)=O)CC2)nc1-c1cnn(-c2ccc(CN[C@H]3CCC[C@H](O)C3)cc2Cl)c1. The van der Waals surface area contributed by atoms with Crippen molar-refractivity contribution in [2.75, 3.05) is 24.7 Å². The minimum Gasteiger partial charge on any atom is -0.393 e. The van der Waals surface area contributed by atoms with Crippen LogP contribution >= 0.6 is 11.6 Å². The van der Waals surface area contributed by atoms with Crippen LogP contribution in [0, 0.1) is 6.57 Å². The molecule has 40 heavy (non-hydrogen) atoms. The lowest BCUT2D eigenvalue weighted by molar-refractivity contribution is 0.111. The molecule has 0 spiro atoms. The van der Waals surface area contributed by atoms with Crippen molar-refractivity contribution in [3.05, 3.63) is 58.8 Å². The van der Waals surface area contributed by atoms with Gasteiger partial charge in [-0.3, -0.25) is 0 Å². The smallest absolute Gasteiger partial charge is 0.231 e. The normalized spacial score (nSPS) is 20.8. The molecule has 5 rings (SSSR count). The van der Waals surface area contributed by atoms with Crippen LogP contribution in [0.4, 0.5) is 11.6 Å². The average Bonchev–Trinajstić information content (AvgIpc) is 3.42. The van der Waals surface area contributed by atoms with E-state index in [0.29, 0.717) is 72.1 Å². The van der Waals surface area contributed by atoms with Crippen LogP contribution in [-0.4, -0.2) is 75.1 Å². The molecule has 2 aliphatic rings. The summed E-state index contributed by atoms with van der Waals surface area (Å²) in [6.07, 6.45) is 10.9. The first-order chi connectivity index (χ1) is 19.2. The van der Waals surface area contributed by atoms with Gasteiger partial charge in [-0.2, -0.15) is 5.10 Å². The van der Waals surface area contributed by atoms with E-state index in [-0.39, 0.29) is 12.1 Å². The molecule has 1 saturated carbocycles. The second kappa shape index (κ2) is 12.2. The first-order valence-corrected chi connectivity index (χ1v) is 15.6. The number of aromatic nitrogens is 4. The topological polar surface area (TPSA) is 130 Å². The van der Waals surface area contributed by atoms with Crippen LogP contribution in [0.1, 0.15) is 44.1 Å². The standard InChI is InChI=1S/C27H33ClN8O3S/c1-29-24-16-31-27(33-20-8-10-35(11-9-20)40(2,38)39)34-26(24)19-15-32-36(17-19)25-7-6-18(12-23(25)28)14-30-21-4-3-5-22(37)13-21/h6-7,12,15-17,20-22,30,37H,3-5,8-11,13-14H2,2H3,(H,31,33,34)/t21-,22-/m0/s1. The fourth-order valence-electron chi connectivity index (χ4n) is 5.29. The highest BCUT2D eigenvalue weighted by atomic mass is 35.5. The van der Waals surface area contributed by atoms with Crippen molar-refractivity contribution in [2.24, 2.45) is 0 Å². The van der Waals surface area contributed by atoms with Crippen molar-refractivity contribution in [1.82, 2.24) is 29.4 Å². The molecule has 3 N–H and O–H groups in total. The summed E-state index contributed by atoms with van der Waals surface area (Å²) in [5.41, 5.74) is 3.17. The molecule has 0 amide bonds. The molecule has 212 valence electrons. The molecule has 1 aliphatic carbocycles. The molecular weight excluding hydrogens is 552 g/mol. The summed E-state index contributed by atoms with van der Waals surface area (Å²) in [5, 5.41) is 21.7. The van der Waals surface area contributed by atoms with Gasteiger partial charge in [0.1, 0.15) is 0 Å². The summed E-state index contributed by atoms with van der Waals surface area (Å²) in [6, 6.07) is 6.16. The van der Waals surface area contributed by atoms with Crippen LogP contribution < -0.4 is 10.6 Å². The molecule has 2 aromatic heterocycles. The second-order valence-corrected chi connectivity index (χ2v) is 12.9. The van der Waals surface area contributed by atoms with E-state index in [0.717, 1.165) is 31.2 Å². The van der Waals surface area contributed by atoms with Crippen LogP contribution in [0.15, 0.2) is 36.8 Å². The van der Waals surface area contributed by atoms with Gasteiger partial charge in [-0.15, -0.1) is 0 Å². The highest BCUT2D eigenvalue weighted by Crippen LogP contribution is 2.31. The van der Waals surface area contributed by atoms with Gasteiger partial charge in [0.15, 0.2) is 0 Å². The third-order valence-corrected chi connectivity index (χ3v) is 9.11. The van der Waals surface area contributed by atoms with Crippen molar-refractivity contribution in [2.45, 2.75) is 63.3 Å². The second-order valence-electron chi connectivity index (χ2n) is 10.5. The average molecular weight is 585 g/mol. The Balaban J connectivity index is 1.27. The lowest BCUT2D eigenvalue weighted by Gasteiger charge is -2.30. The van der Waals surface area contributed by atoms with Crippen LogP contribution in [0.25, 0.3) is 21.8 Å². The molecule has 0 bridgehead atoms. The lowest BCUT2D eigenvalue weighted by Crippen LogP contribution is -2.42. The number of sulfonamides is 1. The van der Waals surface area contributed by atoms with Crippen molar-refractivity contribution in [3.8, 4) is 16.9 Å². The predicted molar refractivity (Wildman–Crippen MR) is 154 cm³/mol. The highest BCUT2D eigenvalue weighted by molar-refractivity contribution is 7.88. The number of aliphatic hydroxyl groups excluding tert-OH is 1. The molecule has 3 aromatic rings. The minimum absolute atomic E-state index is 0.0300. The van der Waals surface area contributed by atoms with Crippen molar-refractivity contribution >= 4 is 33.3 Å². The molecule has 3 heterocycles. The van der Waals surface area contributed by atoms with Crippen molar-refractivity contribution < 1.29 is 13.5 Å². The number of rotatable bonds is 8. The number of anilines is 1. The molecule has 13 heteroatoms. The number of halogens is 1. The van der Waals surface area contributed by atoms with Gasteiger partial charge in [-0.25, -0.2) is 32.2 Å². The van der Waals surface area contributed by atoms with E-state index in [2.05, 4.69) is 30.5 Å². The van der Waals surface area contributed by atoms with Crippen LogP contribution in [-0.2, 0) is 16.6 Å². The van der Waals surface area contributed by atoms with E-state index < -0.39 is 10.0 Å². The zero-order valence-corrected chi connectivity index (χ0v) is 23.9. The first kappa shape index (κ1) is 28.4. The Morgan fingerprint density at radius 2 is 1.98 bits per heavy atom. The quantitative estimate of drug-likeness (QED) is 0.341. The minimum atomic E-state index is -3.20. The third-order valence-electron chi connectivity index (χ3n) is 7.50. The van der Waals surface area contributed by atoms with Gasteiger partial charge in [0.05, 0.1) is 41.5 Å². The number of aliphatic hydroxyl groups is 1. The van der Waals surface area contributed by atoms with Crippen LogP contribution in [0.3, 0.4) is 0 Å². The van der Waals surface area contributed by atoms with Crippen LogP contribution in [0.5, 0.6) is 0 Å². The molecule has 11 nitrogen and oxygen atoms in total. The Bertz CT molecular complexity index is 1500.